The van der Waals surface area contributed by atoms with Crippen molar-refractivity contribution in [1.82, 2.24) is 15.2 Å². The average Bonchev–Trinajstić information content (AvgIpc) is 3.41. The molecule has 2 N–H and O–H groups in total. The van der Waals surface area contributed by atoms with E-state index < -0.39 is 11.7 Å². The summed E-state index contributed by atoms with van der Waals surface area (Å²) in [5, 5.41) is 13.8. The fourth-order valence-electron chi connectivity index (χ4n) is 5.68. The van der Waals surface area contributed by atoms with Crippen molar-refractivity contribution in [1.29, 1.82) is 0 Å². The van der Waals surface area contributed by atoms with Crippen LogP contribution in [0.25, 0.3) is 0 Å². The summed E-state index contributed by atoms with van der Waals surface area (Å²) in [5.74, 6) is 0.987. The molecule has 1 aromatic heterocycles. The van der Waals surface area contributed by atoms with Crippen LogP contribution in [-0.4, -0.2) is 69.7 Å². The average molecular weight is 547 g/mol. The summed E-state index contributed by atoms with van der Waals surface area (Å²) in [7, 11) is 0. The van der Waals surface area contributed by atoms with Gasteiger partial charge in [0.25, 0.3) is 11.8 Å². The largest absolute Gasteiger partial charge is 0.476 e. The third kappa shape index (κ3) is 5.52. The van der Waals surface area contributed by atoms with Crippen molar-refractivity contribution in [3.8, 4) is 5.75 Å². The van der Waals surface area contributed by atoms with E-state index in [-0.39, 0.29) is 29.9 Å². The Labute approximate surface area is 226 Å². The van der Waals surface area contributed by atoms with Crippen molar-refractivity contribution in [3.63, 3.8) is 0 Å². The lowest BCUT2D eigenvalue weighted by Crippen LogP contribution is -2.55. The van der Waals surface area contributed by atoms with E-state index in [0.717, 1.165) is 31.5 Å². The Morgan fingerprint density at radius 2 is 1.84 bits per heavy atom. The minimum absolute atomic E-state index is 0.0345. The van der Waals surface area contributed by atoms with Gasteiger partial charge in [0.15, 0.2) is 5.60 Å². The van der Waals surface area contributed by atoms with Crippen molar-refractivity contribution in [2.45, 2.75) is 75.8 Å². The fraction of sp³-hybridized carbons (Fsp3) is 0.519. The van der Waals surface area contributed by atoms with Gasteiger partial charge in [0, 0.05) is 42.4 Å². The number of ether oxygens (including phenoxy) is 1. The number of halogens is 2. The Kier molecular flexibility index (Phi) is 7.27. The number of carbonyl (C=O) groups excluding carboxylic acids is 2. The number of amides is 2. The van der Waals surface area contributed by atoms with Gasteiger partial charge in [0.1, 0.15) is 11.6 Å². The van der Waals surface area contributed by atoms with Gasteiger partial charge in [0.05, 0.1) is 16.7 Å². The van der Waals surface area contributed by atoms with E-state index in [2.05, 4.69) is 15.2 Å². The van der Waals surface area contributed by atoms with Crippen LogP contribution in [0, 0.1) is 0 Å². The number of aromatic nitrogens is 1. The molecule has 2 amide bonds. The number of fused-ring (bicyclic) bond motifs is 2. The number of hydrogen-bond acceptors (Lipinski definition) is 6. The zero-order valence-electron chi connectivity index (χ0n) is 21.0. The molecule has 2 bridgehead atoms. The Morgan fingerprint density at radius 3 is 2.43 bits per heavy atom. The Morgan fingerprint density at radius 1 is 1.11 bits per heavy atom. The number of β-amino-alcohol motifs (C(OH)–C–C–N with tert-alkyl or cyclic N) is 1. The zero-order chi connectivity index (χ0) is 26.3. The third-order valence-corrected chi connectivity index (χ3v) is 8.11. The molecule has 0 spiro atoms. The standard InChI is InChI=1S/C27H32Cl2N4O4/c1-27(2,37-23-7-4-17(28)11-22(23)29)26(36)31-18-12-19-5-6-20(13-18)33(19)24-8-3-16(14-30-24)25(35)32-10-9-21(34)15-32/h3-4,7-8,11,14,18-21,34H,5-6,9-10,12-13,15H2,1-2H3,(H,31,36)/t18?,19-,20+,21-/m1/s1. The van der Waals surface area contributed by atoms with Crippen LogP contribution < -0.4 is 15.0 Å². The number of benzene rings is 1. The monoisotopic (exact) mass is 546 g/mol. The Hall–Kier alpha value is -2.55. The fourth-order valence-corrected chi connectivity index (χ4v) is 6.13. The zero-order valence-corrected chi connectivity index (χ0v) is 22.5. The summed E-state index contributed by atoms with van der Waals surface area (Å²) in [6.07, 6.45) is 5.50. The van der Waals surface area contributed by atoms with Crippen molar-refractivity contribution >= 4 is 40.8 Å². The quantitative estimate of drug-likeness (QED) is 0.567. The smallest absolute Gasteiger partial charge is 0.263 e. The second-order valence-electron chi connectivity index (χ2n) is 10.7. The summed E-state index contributed by atoms with van der Waals surface area (Å²) < 4.78 is 5.96. The normalized spacial score (nSPS) is 25.3. The molecule has 4 heterocycles. The summed E-state index contributed by atoms with van der Waals surface area (Å²) in [5.41, 5.74) is -0.571. The molecule has 3 saturated heterocycles. The van der Waals surface area contributed by atoms with Crippen molar-refractivity contribution in [2.24, 2.45) is 0 Å². The molecule has 8 nitrogen and oxygen atoms in total. The van der Waals surface area contributed by atoms with Crippen LogP contribution in [-0.2, 0) is 4.79 Å². The van der Waals surface area contributed by atoms with Crippen LogP contribution in [0.2, 0.25) is 10.0 Å². The second kappa shape index (κ2) is 10.3. The second-order valence-corrected chi connectivity index (χ2v) is 11.6. The van der Waals surface area contributed by atoms with Gasteiger partial charge in [0.2, 0.25) is 0 Å². The molecule has 4 atom stereocenters. The maximum Gasteiger partial charge on any atom is 0.263 e. The summed E-state index contributed by atoms with van der Waals surface area (Å²) >= 11 is 12.2. The van der Waals surface area contributed by atoms with E-state index in [1.165, 1.54) is 0 Å². The predicted octanol–water partition coefficient (Wildman–Crippen LogP) is 4.07. The van der Waals surface area contributed by atoms with E-state index in [4.69, 9.17) is 27.9 Å². The summed E-state index contributed by atoms with van der Waals surface area (Å²) in [6, 6.07) is 9.24. The molecule has 3 fully saturated rings. The van der Waals surface area contributed by atoms with Crippen molar-refractivity contribution in [2.75, 3.05) is 18.0 Å². The highest BCUT2D eigenvalue weighted by Gasteiger charge is 2.43. The molecule has 0 radical (unpaired) electrons. The molecule has 2 aromatic rings. The SMILES string of the molecule is CC(C)(Oc1ccc(Cl)cc1Cl)C(=O)NC1C[C@H]2CC[C@@H](C1)N2c1ccc(C(=O)N2CC[C@@H](O)C2)cn1. The topological polar surface area (TPSA) is 95.0 Å². The van der Waals surface area contributed by atoms with Crippen LogP contribution in [0.15, 0.2) is 36.5 Å². The van der Waals surface area contributed by atoms with E-state index in [1.807, 2.05) is 12.1 Å². The highest BCUT2D eigenvalue weighted by molar-refractivity contribution is 6.35. The van der Waals surface area contributed by atoms with Crippen LogP contribution >= 0.6 is 23.2 Å². The number of likely N-dealkylation sites (tertiary alicyclic amines) is 1. The first-order chi connectivity index (χ1) is 17.6. The molecule has 1 aromatic carbocycles. The molecule has 3 aliphatic rings. The number of aliphatic hydroxyl groups excluding tert-OH is 1. The van der Waals surface area contributed by atoms with E-state index in [1.54, 1.807) is 43.1 Å². The first-order valence-corrected chi connectivity index (χ1v) is 13.5. The Bertz CT molecular complexity index is 1160. The van der Waals surface area contributed by atoms with E-state index >= 15 is 0 Å². The highest BCUT2D eigenvalue weighted by atomic mass is 35.5. The lowest BCUT2D eigenvalue weighted by atomic mass is 9.96. The molecule has 0 saturated carbocycles. The van der Waals surface area contributed by atoms with Crippen LogP contribution in [0.5, 0.6) is 5.75 Å². The number of anilines is 1. The molecular weight excluding hydrogens is 515 g/mol. The number of nitrogens with zero attached hydrogens (tertiary/aromatic N) is 3. The van der Waals surface area contributed by atoms with Crippen molar-refractivity contribution in [3.05, 3.63) is 52.1 Å². The number of aliphatic hydroxyl groups is 1. The number of rotatable bonds is 6. The molecule has 0 aliphatic carbocycles. The minimum Gasteiger partial charge on any atom is -0.476 e. The van der Waals surface area contributed by atoms with Gasteiger partial charge in [-0.15, -0.1) is 0 Å². The lowest BCUT2D eigenvalue weighted by Gasteiger charge is -2.41. The first kappa shape index (κ1) is 26.1. The number of hydrogen-bond donors (Lipinski definition) is 2. The molecule has 37 heavy (non-hydrogen) atoms. The molecule has 10 heteroatoms. The number of nitrogens with one attached hydrogen (secondary N) is 1. The van der Waals surface area contributed by atoms with Gasteiger partial charge in [-0.3, -0.25) is 9.59 Å². The highest BCUT2D eigenvalue weighted by Crippen LogP contribution is 2.39. The van der Waals surface area contributed by atoms with Gasteiger partial charge in [-0.2, -0.15) is 0 Å². The number of piperidine rings is 1. The van der Waals surface area contributed by atoms with Gasteiger partial charge in [-0.25, -0.2) is 4.98 Å². The van der Waals surface area contributed by atoms with E-state index in [0.29, 0.717) is 40.9 Å². The maximum absolute atomic E-state index is 13.1. The molecule has 3 aliphatic heterocycles. The van der Waals surface area contributed by atoms with Gasteiger partial charge < -0.3 is 25.0 Å². The number of pyridine rings is 1. The van der Waals surface area contributed by atoms with Crippen molar-refractivity contribution < 1.29 is 19.4 Å². The molecule has 5 rings (SSSR count). The van der Waals surface area contributed by atoms with Gasteiger partial charge in [-0.05, 0) is 76.3 Å². The molecular formula is C27H32Cl2N4O4. The molecule has 1 unspecified atom stereocenters. The predicted molar refractivity (Wildman–Crippen MR) is 142 cm³/mol. The van der Waals surface area contributed by atoms with Gasteiger partial charge >= 0.3 is 0 Å². The summed E-state index contributed by atoms with van der Waals surface area (Å²) in [4.78, 5) is 34.5. The first-order valence-electron chi connectivity index (χ1n) is 12.8. The lowest BCUT2D eigenvalue weighted by molar-refractivity contribution is -0.135. The van der Waals surface area contributed by atoms with Gasteiger partial charge in [-0.1, -0.05) is 23.2 Å². The van der Waals surface area contributed by atoms with Crippen LogP contribution in [0.4, 0.5) is 5.82 Å². The van der Waals surface area contributed by atoms with E-state index in [9.17, 15) is 14.7 Å². The Balaban J connectivity index is 1.20. The summed E-state index contributed by atoms with van der Waals surface area (Å²) in [6.45, 7) is 4.40. The number of carbonyl (C=O) groups is 2. The van der Waals surface area contributed by atoms with Crippen LogP contribution in [0.3, 0.4) is 0 Å². The minimum atomic E-state index is -1.11. The van der Waals surface area contributed by atoms with Crippen LogP contribution in [0.1, 0.15) is 56.3 Å². The molecule has 198 valence electrons. The maximum atomic E-state index is 13.1. The third-order valence-electron chi connectivity index (χ3n) is 7.58.